The summed E-state index contributed by atoms with van der Waals surface area (Å²) in [6, 6.07) is 7.40. The van der Waals surface area contributed by atoms with Crippen LogP contribution in [0.4, 0.5) is 0 Å². The lowest BCUT2D eigenvalue weighted by Gasteiger charge is -2.08. The van der Waals surface area contributed by atoms with Crippen LogP contribution in [0, 0.1) is 6.92 Å². The zero-order valence-electron chi connectivity index (χ0n) is 9.35. The second kappa shape index (κ2) is 5.12. The zero-order valence-corrected chi connectivity index (χ0v) is 10.1. The minimum Gasteiger partial charge on any atom is -0.424 e. The molecule has 0 saturated carbocycles. The van der Waals surface area contributed by atoms with Gasteiger partial charge in [-0.25, -0.2) is 9.97 Å². The average Bonchev–Trinajstić information content (AvgIpc) is 2.29. The van der Waals surface area contributed by atoms with E-state index in [1.54, 1.807) is 24.4 Å². The number of aryl methyl sites for hydroxylation is 1. The molecule has 0 aliphatic rings. The molecule has 0 bridgehead atoms. The van der Waals surface area contributed by atoms with E-state index < -0.39 is 0 Å². The van der Waals surface area contributed by atoms with Crippen molar-refractivity contribution in [1.82, 2.24) is 9.97 Å². The maximum Gasteiger partial charge on any atom is 0.322 e. The van der Waals surface area contributed by atoms with Gasteiger partial charge in [0.1, 0.15) is 5.75 Å². The fourth-order valence-corrected chi connectivity index (χ4v) is 1.53. The van der Waals surface area contributed by atoms with Crippen LogP contribution in [0.1, 0.15) is 11.3 Å². The summed E-state index contributed by atoms with van der Waals surface area (Å²) >= 11 is 5.91. The Morgan fingerprint density at radius 2 is 2.18 bits per heavy atom. The van der Waals surface area contributed by atoms with Crippen LogP contribution < -0.4 is 10.5 Å². The molecule has 17 heavy (non-hydrogen) atoms. The lowest BCUT2D eigenvalue weighted by Crippen LogP contribution is -2.01. The molecule has 0 unspecified atom stereocenters. The molecule has 88 valence electrons. The zero-order chi connectivity index (χ0) is 12.3. The first-order chi connectivity index (χ1) is 8.19. The Balaban J connectivity index is 2.32. The van der Waals surface area contributed by atoms with E-state index in [-0.39, 0.29) is 0 Å². The number of hydrogen-bond donors (Lipinski definition) is 1. The van der Waals surface area contributed by atoms with Crippen molar-refractivity contribution in [2.75, 3.05) is 0 Å². The highest BCUT2D eigenvalue weighted by Crippen LogP contribution is 2.26. The summed E-state index contributed by atoms with van der Waals surface area (Å²) in [4.78, 5) is 8.18. The van der Waals surface area contributed by atoms with E-state index in [1.807, 2.05) is 13.0 Å². The van der Waals surface area contributed by atoms with Crippen LogP contribution in [0.2, 0.25) is 5.02 Å². The van der Waals surface area contributed by atoms with E-state index in [2.05, 4.69) is 9.97 Å². The van der Waals surface area contributed by atoms with Crippen molar-refractivity contribution in [3.8, 4) is 11.8 Å². The SMILES string of the molecule is Cc1ccnc(Oc2cc(Cl)ccc2CN)n1. The van der Waals surface area contributed by atoms with E-state index in [0.717, 1.165) is 11.3 Å². The highest BCUT2D eigenvalue weighted by Gasteiger charge is 2.06. The van der Waals surface area contributed by atoms with E-state index in [4.69, 9.17) is 22.1 Å². The monoisotopic (exact) mass is 249 g/mol. The Labute approximate surface area is 104 Å². The summed E-state index contributed by atoms with van der Waals surface area (Å²) in [6.45, 7) is 2.24. The summed E-state index contributed by atoms with van der Waals surface area (Å²) in [5.41, 5.74) is 7.32. The molecule has 2 N–H and O–H groups in total. The number of nitrogens with zero attached hydrogens (tertiary/aromatic N) is 2. The third-order valence-corrected chi connectivity index (χ3v) is 2.46. The molecule has 0 aliphatic carbocycles. The van der Waals surface area contributed by atoms with Crippen LogP contribution in [0.15, 0.2) is 30.5 Å². The number of ether oxygens (including phenoxy) is 1. The quantitative estimate of drug-likeness (QED) is 0.909. The van der Waals surface area contributed by atoms with Crippen molar-refractivity contribution in [3.63, 3.8) is 0 Å². The van der Waals surface area contributed by atoms with Gasteiger partial charge in [0.05, 0.1) is 0 Å². The van der Waals surface area contributed by atoms with Crippen LogP contribution in [0.25, 0.3) is 0 Å². The molecule has 0 radical (unpaired) electrons. The Bertz CT molecular complexity index is 531. The van der Waals surface area contributed by atoms with Crippen molar-refractivity contribution >= 4 is 11.6 Å². The van der Waals surface area contributed by atoms with Crippen molar-refractivity contribution in [2.45, 2.75) is 13.5 Å². The maximum atomic E-state index is 5.91. The van der Waals surface area contributed by atoms with Crippen LogP contribution in [0.5, 0.6) is 11.8 Å². The standard InChI is InChI=1S/C12H12ClN3O/c1-8-4-5-15-12(16-8)17-11-6-10(13)3-2-9(11)7-14/h2-6H,7,14H2,1H3. The van der Waals surface area contributed by atoms with Gasteiger partial charge in [-0.1, -0.05) is 17.7 Å². The maximum absolute atomic E-state index is 5.91. The normalized spacial score (nSPS) is 10.3. The Morgan fingerprint density at radius 1 is 1.35 bits per heavy atom. The first-order valence-corrected chi connectivity index (χ1v) is 5.53. The smallest absolute Gasteiger partial charge is 0.322 e. The first kappa shape index (κ1) is 11.8. The summed E-state index contributed by atoms with van der Waals surface area (Å²) < 4.78 is 5.58. The molecule has 1 aromatic carbocycles. The second-order valence-corrected chi connectivity index (χ2v) is 3.98. The summed E-state index contributed by atoms with van der Waals surface area (Å²) in [5.74, 6) is 0.589. The van der Waals surface area contributed by atoms with Crippen molar-refractivity contribution in [3.05, 3.63) is 46.7 Å². The lowest BCUT2D eigenvalue weighted by molar-refractivity contribution is 0.435. The molecule has 5 heteroatoms. The number of nitrogens with two attached hydrogens (primary N) is 1. The van der Waals surface area contributed by atoms with Crippen molar-refractivity contribution < 1.29 is 4.74 Å². The molecule has 0 saturated heterocycles. The minimum absolute atomic E-state index is 0.293. The molecule has 2 aromatic rings. The third-order valence-electron chi connectivity index (χ3n) is 2.22. The minimum atomic E-state index is 0.293. The number of benzene rings is 1. The van der Waals surface area contributed by atoms with Crippen molar-refractivity contribution in [1.29, 1.82) is 0 Å². The molecule has 0 aliphatic heterocycles. The number of halogens is 1. The van der Waals surface area contributed by atoms with Crippen molar-refractivity contribution in [2.24, 2.45) is 5.73 Å². The molecule has 1 heterocycles. The molecule has 2 rings (SSSR count). The molecule has 4 nitrogen and oxygen atoms in total. The largest absolute Gasteiger partial charge is 0.424 e. The number of rotatable bonds is 3. The molecular weight excluding hydrogens is 238 g/mol. The predicted molar refractivity (Wildman–Crippen MR) is 66.2 cm³/mol. The van der Waals surface area contributed by atoms with E-state index in [0.29, 0.717) is 23.3 Å². The van der Waals surface area contributed by atoms with Gasteiger partial charge in [0, 0.05) is 29.0 Å². The molecular formula is C12H12ClN3O. The van der Waals surface area contributed by atoms with Gasteiger partial charge in [0.25, 0.3) is 0 Å². The van der Waals surface area contributed by atoms with Gasteiger partial charge >= 0.3 is 6.01 Å². The van der Waals surface area contributed by atoms with Crippen LogP contribution in [-0.4, -0.2) is 9.97 Å². The molecule has 1 aromatic heterocycles. The van der Waals surface area contributed by atoms with Gasteiger partial charge in [0.15, 0.2) is 0 Å². The molecule has 0 amide bonds. The highest BCUT2D eigenvalue weighted by atomic mass is 35.5. The van der Waals surface area contributed by atoms with Gasteiger partial charge in [-0.05, 0) is 25.1 Å². The number of aromatic nitrogens is 2. The average molecular weight is 250 g/mol. The van der Waals surface area contributed by atoms with E-state index in [1.165, 1.54) is 0 Å². The molecule has 0 spiro atoms. The fourth-order valence-electron chi connectivity index (χ4n) is 1.37. The Morgan fingerprint density at radius 3 is 2.88 bits per heavy atom. The lowest BCUT2D eigenvalue weighted by atomic mass is 10.2. The molecule has 0 fully saturated rings. The topological polar surface area (TPSA) is 61.0 Å². The van der Waals surface area contributed by atoms with Gasteiger partial charge in [0.2, 0.25) is 0 Å². The fraction of sp³-hybridized carbons (Fsp3) is 0.167. The predicted octanol–water partition coefficient (Wildman–Crippen LogP) is 2.69. The highest BCUT2D eigenvalue weighted by molar-refractivity contribution is 6.30. The van der Waals surface area contributed by atoms with Crippen LogP contribution in [0.3, 0.4) is 0 Å². The van der Waals surface area contributed by atoms with Gasteiger partial charge in [-0.15, -0.1) is 0 Å². The summed E-state index contributed by atoms with van der Waals surface area (Å²) in [5, 5.41) is 0.588. The third kappa shape index (κ3) is 2.93. The van der Waals surface area contributed by atoms with Gasteiger partial charge in [-0.2, -0.15) is 0 Å². The second-order valence-electron chi connectivity index (χ2n) is 3.54. The van der Waals surface area contributed by atoms with Crippen LogP contribution >= 0.6 is 11.6 Å². The number of hydrogen-bond acceptors (Lipinski definition) is 4. The summed E-state index contributed by atoms with van der Waals surface area (Å²) in [6.07, 6.45) is 1.64. The Kier molecular flexibility index (Phi) is 3.56. The van der Waals surface area contributed by atoms with E-state index in [9.17, 15) is 0 Å². The van der Waals surface area contributed by atoms with Gasteiger partial charge < -0.3 is 10.5 Å². The first-order valence-electron chi connectivity index (χ1n) is 5.15. The van der Waals surface area contributed by atoms with E-state index >= 15 is 0 Å². The van der Waals surface area contributed by atoms with Gasteiger partial charge in [-0.3, -0.25) is 0 Å². The Hall–Kier alpha value is -1.65. The summed E-state index contributed by atoms with van der Waals surface area (Å²) in [7, 11) is 0. The molecule has 0 atom stereocenters. The van der Waals surface area contributed by atoms with Crippen LogP contribution in [-0.2, 0) is 6.54 Å².